The van der Waals surface area contributed by atoms with Crippen LogP contribution in [0.2, 0.25) is 0 Å². The first kappa shape index (κ1) is 19.8. The summed E-state index contributed by atoms with van der Waals surface area (Å²) in [6.45, 7) is 1.97. The molecule has 7 heteroatoms. The van der Waals surface area contributed by atoms with E-state index in [1.165, 1.54) is 17.0 Å². The normalized spacial score (nSPS) is 27.7. The van der Waals surface area contributed by atoms with E-state index in [1.54, 1.807) is 19.2 Å². The lowest BCUT2D eigenvalue weighted by molar-refractivity contribution is -0.133. The summed E-state index contributed by atoms with van der Waals surface area (Å²) in [5.74, 6) is 2.17. The molecule has 1 saturated heterocycles. The maximum Gasteiger partial charge on any atom is 0.230 e. The van der Waals surface area contributed by atoms with Gasteiger partial charge in [-0.1, -0.05) is 18.6 Å². The van der Waals surface area contributed by atoms with Crippen molar-refractivity contribution < 1.29 is 14.7 Å². The molecule has 1 aromatic carbocycles. The molecule has 1 saturated carbocycles. The van der Waals surface area contributed by atoms with Crippen molar-refractivity contribution in [1.82, 2.24) is 10.2 Å². The maximum absolute atomic E-state index is 12.9. The third kappa shape index (κ3) is 3.71. The zero-order valence-corrected chi connectivity index (χ0v) is 16.2. The van der Waals surface area contributed by atoms with Crippen LogP contribution >= 0.6 is 0 Å². The SMILES string of the molecule is CN1C(=O)C[C@@](C)(C2CCCC(C(=O)C(=N)c3cccc(O)c3)C2)NC1=C=N. The van der Waals surface area contributed by atoms with Crippen molar-refractivity contribution in [3.8, 4) is 5.75 Å². The first-order valence-electron chi connectivity index (χ1n) is 9.52. The number of nitrogens with one attached hydrogen (secondary N) is 3. The molecule has 1 heterocycles. The van der Waals surface area contributed by atoms with E-state index in [0.717, 1.165) is 12.8 Å². The highest BCUT2D eigenvalue weighted by Crippen LogP contribution is 2.40. The van der Waals surface area contributed by atoms with Crippen molar-refractivity contribution in [2.75, 3.05) is 7.05 Å². The van der Waals surface area contributed by atoms with Crippen LogP contribution in [0.5, 0.6) is 5.75 Å². The average Bonchev–Trinajstić information content (AvgIpc) is 2.69. The highest BCUT2D eigenvalue weighted by molar-refractivity contribution is 6.45. The fourth-order valence-corrected chi connectivity index (χ4v) is 4.33. The Morgan fingerprint density at radius 1 is 1.39 bits per heavy atom. The van der Waals surface area contributed by atoms with Gasteiger partial charge in [0.1, 0.15) is 11.5 Å². The van der Waals surface area contributed by atoms with Crippen molar-refractivity contribution in [1.29, 1.82) is 10.8 Å². The number of phenols is 1. The number of hydrogen-bond donors (Lipinski definition) is 4. The average molecular weight is 382 g/mol. The van der Waals surface area contributed by atoms with Gasteiger partial charge < -0.3 is 10.4 Å². The molecule has 1 aromatic rings. The van der Waals surface area contributed by atoms with Gasteiger partial charge in [0.05, 0.1) is 6.42 Å². The molecular weight excluding hydrogens is 356 g/mol. The summed E-state index contributed by atoms with van der Waals surface area (Å²) in [7, 11) is 1.62. The number of ketones is 1. The van der Waals surface area contributed by atoms with Gasteiger partial charge >= 0.3 is 0 Å². The second kappa shape index (κ2) is 7.60. The first-order valence-corrected chi connectivity index (χ1v) is 9.52. The predicted octanol–water partition coefficient (Wildman–Crippen LogP) is 2.44. The Morgan fingerprint density at radius 2 is 2.14 bits per heavy atom. The Bertz CT molecular complexity index is 874. The number of aromatic hydroxyl groups is 1. The maximum atomic E-state index is 12.9. The number of benzene rings is 1. The van der Waals surface area contributed by atoms with E-state index in [1.807, 2.05) is 6.92 Å². The Hall–Kier alpha value is -2.92. The minimum Gasteiger partial charge on any atom is -0.508 e. The Labute approximate surface area is 164 Å². The van der Waals surface area contributed by atoms with Crippen LogP contribution in [0.15, 0.2) is 30.1 Å². The molecule has 148 valence electrons. The molecule has 3 rings (SSSR count). The van der Waals surface area contributed by atoms with E-state index in [0.29, 0.717) is 30.6 Å². The molecule has 7 nitrogen and oxygen atoms in total. The molecule has 0 aromatic heterocycles. The summed E-state index contributed by atoms with van der Waals surface area (Å²) in [6.07, 6.45) is 3.33. The first-order chi connectivity index (χ1) is 13.2. The molecule has 0 spiro atoms. The molecule has 0 bridgehead atoms. The molecule has 1 aliphatic carbocycles. The minimum atomic E-state index is -0.543. The number of carbonyl (C=O) groups is 2. The van der Waals surface area contributed by atoms with Crippen LogP contribution in [0.4, 0.5) is 0 Å². The van der Waals surface area contributed by atoms with Crippen molar-refractivity contribution in [3.05, 3.63) is 35.6 Å². The van der Waals surface area contributed by atoms with Crippen LogP contribution in [-0.4, -0.2) is 45.9 Å². The molecule has 4 N–H and O–H groups in total. The zero-order chi connectivity index (χ0) is 20.5. The van der Waals surface area contributed by atoms with Crippen LogP contribution < -0.4 is 5.32 Å². The zero-order valence-electron chi connectivity index (χ0n) is 16.2. The van der Waals surface area contributed by atoms with Crippen LogP contribution in [0.25, 0.3) is 0 Å². The van der Waals surface area contributed by atoms with Crippen LogP contribution in [0, 0.1) is 22.7 Å². The lowest BCUT2D eigenvalue weighted by Gasteiger charge is -2.47. The Balaban J connectivity index is 1.76. The van der Waals surface area contributed by atoms with Gasteiger partial charge in [-0.05, 0) is 44.2 Å². The summed E-state index contributed by atoms with van der Waals surface area (Å²) in [6, 6.07) is 6.21. The molecule has 1 amide bonds. The smallest absolute Gasteiger partial charge is 0.230 e. The largest absolute Gasteiger partial charge is 0.508 e. The van der Waals surface area contributed by atoms with Gasteiger partial charge in [0.15, 0.2) is 11.6 Å². The summed E-state index contributed by atoms with van der Waals surface area (Å²) < 4.78 is 0. The Morgan fingerprint density at radius 3 is 2.82 bits per heavy atom. The second-order valence-electron chi connectivity index (χ2n) is 8.00. The third-order valence-electron chi connectivity index (χ3n) is 6.08. The summed E-state index contributed by atoms with van der Waals surface area (Å²) in [4.78, 5) is 26.7. The van der Waals surface area contributed by atoms with E-state index in [-0.39, 0.29) is 35.0 Å². The lowest BCUT2D eigenvalue weighted by atomic mass is 9.68. The van der Waals surface area contributed by atoms with Crippen LogP contribution in [0.3, 0.4) is 0 Å². The highest BCUT2D eigenvalue weighted by atomic mass is 16.3. The number of amides is 1. The van der Waals surface area contributed by atoms with Crippen molar-refractivity contribution >= 4 is 23.3 Å². The Kier molecular flexibility index (Phi) is 5.38. The van der Waals surface area contributed by atoms with Gasteiger partial charge in [-0.2, -0.15) is 0 Å². The molecule has 28 heavy (non-hydrogen) atoms. The third-order valence-corrected chi connectivity index (χ3v) is 6.08. The van der Waals surface area contributed by atoms with Crippen molar-refractivity contribution in [2.24, 2.45) is 11.8 Å². The van der Waals surface area contributed by atoms with E-state index in [9.17, 15) is 14.7 Å². The molecular formula is C21H26N4O3. The van der Waals surface area contributed by atoms with Gasteiger partial charge in [0.2, 0.25) is 5.91 Å². The van der Waals surface area contributed by atoms with Gasteiger partial charge in [0, 0.05) is 29.9 Å². The van der Waals surface area contributed by atoms with E-state index >= 15 is 0 Å². The summed E-state index contributed by atoms with van der Waals surface area (Å²) in [5, 5.41) is 28.6. The molecule has 2 unspecified atom stereocenters. The number of Topliss-reactive ketones (excluding diaryl/α,β-unsaturated/α-hetero) is 1. The number of nitrogens with zero attached hydrogens (tertiary/aromatic N) is 1. The highest BCUT2D eigenvalue weighted by Gasteiger charge is 2.45. The topological polar surface area (TPSA) is 117 Å². The van der Waals surface area contributed by atoms with E-state index < -0.39 is 5.54 Å². The van der Waals surface area contributed by atoms with Crippen LogP contribution in [0.1, 0.15) is 44.6 Å². The summed E-state index contributed by atoms with van der Waals surface area (Å²) in [5.41, 5.74) is -0.210. The van der Waals surface area contributed by atoms with Crippen molar-refractivity contribution in [2.45, 2.75) is 44.6 Å². The van der Waals surface area contributed by atoms with E-state index in [2.05, 4.69) is 11.2 Å². The van der Waals surface area contributed by atoms with Crippen LogP contribution in [-0.2, 0) is 9.59 Å². The second-order valence-corrected chi connectivity index (χ2v) is 8.00. The molecule has 0 radical (unpaired) electrons. The number of hydrogen-bond acceptors (Lipinski definition) is 6. The lowest BCUT2D eigenvalue weighted by Crippen LogP contribution is -2.59. The molecule has 2 aliphatic rings. The fraction of sp³-hybridized carbons (Fsp3) is 0.476. The number of rotatable bonds is 4. The van der Waals surface area contributed by atoms with Gasteiger partial charge in [-0.25, -0.2) is 0 Å². The minimum absolute atomic E-state index is 0.0316. The van der Waals surface area contributed by atoms with Gasteiger partial charge in [0.25, 0.3) is 0 Å². The van der Waals surface area contributed by atoms with E-state index in [4.69, 9.17) is 10.8 Å². The quantitative estimate of drug-likeness (QED) is 0.598. The molecule has 1 aliphatic heterocycles. The fourth-order valence-electron chi connectivity index (χ4n) is 4.33. The van der Waals surface area contributed by atoms with Gasteiger partial charge in [-0.15, -0.1) is 0 Å². The van der Waals surface area contributed by atoms with Gasteiger partial charge in [-0.3, -0.25) is 25.3 Å². The number of phenolic OH excluding ortho intramolecular Hbond substituents is 1. The monoisotopic (exact) mass is 382 g/mol. The predicted molar refractivity (Wildman–Crippen MR) is 106 cm³/mol. The molecule has 3 atom stereocenters. The number of carbonyl (C=O) groups excluding carboxylic acids is 2. The standard InChI is InChI=1S/C21H26N4O3/c1-21(11-18(27)25(2)17(12-22)24-21)15-7-3-6-14(9-15)20(28)19(23)13-5-4-8-16(26)10-13/h4-5,8,10,14-15,22-24,26H,3,6-7,9,11H2,1-2H3/t14?,15?,21-/m0/s1. The molecule has 2 fully saturated rings. The summed E-state index contributed by atoms with van der Waals surface area (Å²) >= 11 is 0. The van der Waals surface area contributed by atoms with Crippen molar-refractivity contribution in [3.63, 3.8) is 0 Å².